The van der Waals surface area contributed by atoms with Crippen molar-refractivity contribution in [1.82, 2.24) is 20.5 Å². The van der Waals surface area contributed by atoms with Gasteiger partial charge in [-0.05, 0) is 24.6 Å². The average Bonchev–Trinajstić information content (AvgIpc) is 2.64. The van der Waals surface area contributed by atoms with Crippen LogP contribution in [-0.4, -0.2) is 15.2 Å². The molecule has 2 N–H and O–H groups in total. The number of H-pyrrole nitrogens is 1. The van der Waals surface area contributed by atoms with Gasteiger partial charge < -0.3 is 5.32 Å². The Hall–Kier alpha value is -1.39. The van der Waals surface area contributed by atoms with Gasteiger partial charge >= 0.3 is 0 Å². The highest BCUT2D eigenvalue weighted by Gasteiger charge is 1.99. The molecule has 1 aromatic carbocycles. The van der Waals surface area contributed by atoms with E-state index in [-0.39, 0.29) is 0 Å². The molecule has 0 aliphatic heterocycles. The molecule has 0 amide bonds. The van der Waals surface area contributed by atoms with Gasteiger partial charge in [0.1, 0.15) is 5.82 Å². The predicted octanol–water partition coefficient (Wildman–Crippen LogP) is 2.06. The van der Waals surface area contributed by atoms with E-state index >= 15 is 0 Å². The molecule has 0 saturated carbocycles. The lowest BCUT2D eigenvalue weighted by Gasteiger charge is -2.02. The number of halogens is 1. The standard InChI is InChI=1S/C11H13ClN4/c1-8-14-11(16-15-8)7-13-6-9-3-2-4-10(12)5-9/h2-5,13H,6-7H2,1H3,(H,14,15,16). The highest BCUT2D eigenvalue weighted by molar-refractivity contribution is 6.30. The van der Waals surface area contributed by atoms with Crippen molar-refractivity contribution >= 4 is 11.6 Å². The predicted molar refractivity (Wildman–Crippen MR) is 63.1 cm³/mol. The molecule has 5 heteroatoms. The highest BCUT2D eigenvalue weighted by Crippen LogP contribution is 2.10. The van der Waals surface area contributed by atoms with Gasteiger partial charge in [-0.3, -0.25) is 5.10 Å². The van der Waals surface area contributed by atoms with Crippen LogP contribution in [0.1, 0.15) is 17.2 Å². The smallest absolute Gasteiger partial charge is 0.164 e. The summed E-state index contributed by atoms with van der Waals surface area (Å²) in [4.78, 5) is 4.20. The normalized spacial score (nSPS) is 10.6. The van der Waals surface area contributed by atoms with Crippen LogP contribution in [0, 0.1) is 6.92 Å². The van der Waals surface area contributed by atoms with Crippen LogP contribution >= 0.6 is 11.6 Å². The van der Waals surface area contributed by atoms with E-state index in [0.717, 1.165) is 28.8 Å². The van der Waals surface area contributed by atoms with Gasteiger partial charge in [0.15, 0.2) is 5.82 Å². The Morgan fingerprint density at radius 1 is 1.38 bits per heavy atom. The summed E-state index contributed by atoms with van der Waals surface area (Å²) in [5.74, 6) is 1.61. The summed E-state index contributed by atoms with van der Waals surface area (Å²) in [5.41, 5.74) is 1.15. The minimum Gasteiger partial charge on any atom is -0.306 e. The fourth-order valence-electron chi connectivity index (χ4n) is 1.43. The number of nitrogens with one attached hydrogen (secondary N) is 2. The molecule has 0 fully saturated rings. The van der Waals surface area contributed by atoms with Gasteiger partial charge in [-0.15, -0.1) is 0 Å². The van der Waals surface area contributed by atoms with E-state index in [2.05, 4.69) is 20.5 Å². The van der Waals surface area contributed by atoms with Gasteiger partial charge in [0.2, 0.25) is 0 Å². The molecule has 2 aromatic rings. The van der Waals surface area contributed by atoms with E-state index in [1.54, 1.807) is 0 Å². The van der Waals surface area contributed by atoms with E-state index in [4.69, 9.17) is 11.6 Å². The second kappa shape index (κ2) is 5.09. The molecule has 0 unspecified atom stereocenters. The minimum atomic E-state index is 0.650. The molecule has 0 aliphatic rings. The molecule has 4 nitrogen and oxygen atoms in total. The van der Waals surface area contributed by atoms with Crippen molar-refractivity contribution in [1.29, 1.82) is 0 Å². The fourth-order valence-corrected chi connectivity index (χ4v) is 1.65. The van der Waals surface area contributed by atoms with Crippen molar-refractivity contribution in [3.63, 3.8) is 0 Å². The second-order valence-corrected chi connectivity index (χ2v) is 4.01. The van der Waals surface area contributed by atoms with Crippen LogP contribution < -0.4 is 5.32 Å². The Kier molecular flexibility index (Phi) is 3.54. The van der Waals surface area contributed by atoms with Crippen LogP contribution in [0.2, 0.25) is 5.02 Å². The summed E-state index contributed by atoms with van der Waals surface area (Å²) >= 11 is 5.89. The maximum absolute atomic E-state index is 5.89. The summed E-state index contributed by atoms with van der Waals surface area (Å²) in [5, 5.41) is 10.9. The molecule has 0 radical (unpaired) electrons. The van der Waals surface area contributed by atoms with E-state index in [1.165, 1.54) is 0 Å². The Labute approximate surface area is 99.1 Å². The van der Waals surface area contributed by atoms with Crippen LogP contribution in [0.5, 0.6) is 0 Å². The minimum absolute atomic E-state index is 0.650. The van der Waals surface area contributed by atoms with Crippen LogP contribution in [0.4, 0.5) is 0 Å². The van der Waals surface area contributed by atoms with Crippen molar-refractivity contribution < 1.29 is 0 Å². The third kappa shape index (κ3) is 3.05. The number of hydrogen-bond acceptors (Lipinski definition) is 3. The Balaban J connectivity index is 1.84. The highest BCUT2D eigenvalue weighted by atomic mass is 35.5. The third-order valence-corrected chi connectivity index (χ3v) is 2.38. The lowest BCUT2D eigenvalue weighted by atomic mass is 10.2. The van der Waals surface area contributed by atoms with Gasteiger partial charge in [0.05, 0.1) is 6.54 Å². The molecule has 0 bridgehead atoms. The lowest BCUT2D eigenvalue weighted by molar-refractivity contribution is 0.664. The lowest BCUT2D eigenvalue weighted by Crippen LogP contribution is -2.13. The van der Waals surface area contributed by atoms with Crippen molar-refractivity contribution in [3.05, 3.63) is 46.5 Å². The van der Waals surface area contributed by atoms with Gasteiger partial charge in [0.25, 0.3) is 0 Å². The number of aromatic nitrogens is 3. The first kappa shape index (κ1) is 11.1. The molecule has 0 saturated heterocycles. The Morgan fingerprint density at radius 3 is 2.94 bits per heavy atom. The number of hydrogen-bond donors (Lipinski definition) is 2. The van der Waals surface area contributed by atoms with Crippen LogP contribution in [0.25, 0.3) is 0 Å². The fraction of sp³-hybridized carbons (Fsp3) is 0.273. The van der Waals surface area contributed by atoms with Crippen LogP contribution in [0.15, 0.2) is 24.3 Å². The SMILES string of the molecule is Cc1nc(CNCc2cccc(Cl)c2)n[nH]1. The summed E-state index contributed by atoms with van der Waals surface area (Å²) in [7, 11) is 0. The molecule has 0 spiro atoms. The molecule has 1 heterocycles. The monoisotopic (exact) mass is 236 g/mol. The molecular weight excluding hydrogens is 224 g/mol. The summed E-state index contributed by atoms with van der Waals surface area (Å²) in [6, 6.07) is 7.78. The zero-order chi connectivity index (χ0) is 11.4. The molecule has 0 atom stereocenters. The van der Waals surface area contributed by atoms with Crippen LogP contribution in [0.3, 0.4) is 0 Å². The van der Waals surface area contributed by atoms with E-state index in [1.807, 2.05) is 31.2 Å². The van der Waals surface area contributed by atoms with E-state index in [9.17, 15) is 0 Å². The van der Waals surface area contributed by atoms with E-state index < -0.39 is 0 Å². The summed E-state index contributed by atoms with van der Waals surface area (Å²) < 4.78 is 0. The number of nitrogens with zero attached hydrogens (tertiary/aromatic N) is 2. The van der Waals surface area contributed by atoms with Crippen LogP contribution in [-0.2, 0) is 13.1 Å². The topological polar surface area (TPSA) is 53.6 Å². The van der Waals surface area contributed by atoms with Crippen molar-refractivity contribution in [3.8, 4) is 0 Å². The largest absolute Gasteiger partial charge is 0.306 e. The van der Waals surface area contributed by atoms with Gasteiger partial charge in [-0.2, -0.15) is 5.10 Å². The molecular formula is C11H13ClN4. The van der Waals surface area contributed by atoms with Gasteiger partial charge in [-0.1, -0.05) is 23.7 Å². The number of aromatic amines is 1. The zero-order valence-electron chi connectivity index (χ0n) is 9.00. The zero-order valence-corrected chi connectivity index (χ0v) is 9.75. The molecule has 84 valence electrons. The van der Waals surface area contributed by atoms with Gasteiger partial charge in [-0.25, -0.2) is 4.98 Å². The molecule has 0 aliphatic carbocycles. The van der Waals surface area contributed by atoms with Gasteiger partial charge in [0, 0.05) is 11.6 Å². The number of benzene rings is 1. The third-order valence-electron chi connectivity index (χ3n) is 2.14. The number of aryl methyl sites for hydroxylation is 1. The molecule has 2 rings (SSSR count). The van der Waals surface area contributed by atoms with Crippen molar-refractivity contribution in [2.45, 2.75) is 20.0 Å². The first-order valence-electron chi connectivity index (χ1n) is 5.07. The maximum atomic E-state index is 5.89. The maximum Gasteiger partial charge on any atom is 0.164 e. The first-order chi connectivity index (χ1) is 7.74. The number of rotatable bonds is 4. The van der Waals surface area contributed by atoms with Crippen molar-refractivity contribution in [2.24, 2.45) is 0 Å². The molecule has 1 aromatic heterocycles. The average molecular weight is 237 g/mol. The Bertz CT molecular complexity index is 467. The summed E-state index contributed by atoms with van der Waals surface area (Å²) in [6.07, 6.45) is 0. The second-order valence-electron chi connectivity index (χ2n) is 3.57. The quantitative estimate of drug-likeness (QED) is 0.855. The first-order valence-corrected chi connectivity index (χ1v) is 5.45. The van der Waals surface area contributed by atoms with Crippen molar-refractivity contribution in [2.75, 3.05) is 0 Å². The van der Waals surface area contributed by atoms with E-state index in [0.29, 0.717) is 6.54 Å². The molecule has 16 heavy (non-hydrogen) atoms. The summed E-state index contributed by atoms with van der Waals surface area (Å²) in [6.45, 7) is 3.29. The Morgan fingerprint density at radius 2 is 2.25 bits per heavy atom.